The lowest BCUT2D eigenvalue weighted by Gasteiger charge is -2.09. The Hall–Kier alpha value is -2.35. The summed E-state index contributed by atoms with van der Waals surface area (Å²) in [5.74, 6) is 2.11. The van der Waals surface area contributed by atoms with Crippen molar-refractivity contribution in [1.29, 1.82) is 5.26 Å². The van der Waals surface area contributed by atoms with Gasteiger partial charge in [-0.1, -0.05) is 23.9 Å². The molecule has 0 atom stereocenters. The summed E-state index contributed by atoms with van der Waals surface area (Å²) in [5, 5.41) is 22.5. The first-order chi connectivity index (χ1) is 16.1. The molecular formula is C23H24FN5OS3. The number of rotatable bonds is 9. The van der Waals surface area contributed by atoms with Gasteiger partial charge in [0.15, 0.2) is 5.16 Å². The number of nitrogens with zero attached hydrogens (tertiary/aromatic N) is 4. The number of carbonyl (C=O) groups is 1. The molecule has 172 valence electrons. The number of thiophene rings is 1. The second-order valence-electron chi connectivity index (χ2n) is 7.63. The van der Waals surface area contributed by atoms with Crippen LogP contribution in [0.1, 0.15) is 47.2 Å². The van der Waals surface area contributed by atoms with Crippen LogP contribution in [0.15, 0.2) is 29.4 Å². The Morgan fingerprint density at radius 1 is 1.24 bits per heavy atom. The van der Waals surface area contributed by atoms with Crippen LogP contribution < -0.4 is 5.32 Å². The zero-order valence-corrected chi connectivity index (χ0v) is 20.7. The van der Waals surface area contributed by atoms with Gasteiger partial charge in [0.25, 0.3) is 0 Å². The van der Waals surface area contributed by atoms with Crippen LogP contribution in [0.5, 0.6) is 0 Å². The molecule has 0 aliphatic heterocycles. The molecule has 0 bridgehead atoms. The van der Waals surface area contributed by atoms with Crippen molar-refractivity contribution in [3.63, 3.8) is 0 Å². The van der Waals surface area contributed by atoms with Gasteiger partial charge in [0.1, 0.15) is 22.7 Å². The van der Waals surface area contributed by atoms with Gasteiger partial charge < -0.3 is 9.88 Å². The highest BCUT2D eigenvalue weighted by Crippen LogP contribution is 2.37. The summed E-state index contributed by atoms with van der Waals surface area (Å²) in [7, 11) is 0. The van der Waals surface area contributed by atoms with Crippen LogP contribution in [-0.4, -0.2) is 26.4 Å². The second kappa shape index (κ2) is 11.2. The Morgan fingerprint density at radius 3 is 2.79 bits per heavy atom. The van der Waals surface area contributed by atoms with E-state index in [1.165, 1.54) is 40.1 Å². The highest BCUT2D eigenvalue weighted by Gasteiger charge is 2.22. The Labute approximate surface area is 205 Å². The van der Waals surface area contributed by atoms with Gasteiger partial charge in [-0.25, -0.2) is 4.39 Å². The topological polar surface area (TPSA) is 83.6 Å². The quantitative estimate of drug-likeness (QED) is 0.395. The van der Waals surface area contributed by atoms with Crippen LogP contribution in [0.25, 0.3) is 0 Å². The van der Waals surface area contributed by atoms with E-state index in [9.17, 15) is 14.4 Å². The van der Waals surface area contributed by atoms with E-state index in [0.29, 0.717) is 28.0 Å². The maximum absolute atomic E-state index is 13.0. The fourth-order valence-electron chi connectivity index (χ4n) is 3.76. The van der Waals surface area contributed by atoms with Crippen molar-refractivity contribution in [1.82, 2.24) is 14.8 Å². The summed E-state index contributed by atoms with van der Waals surface area (Å²) >= 11 is 4.57. The normalized spacial score (nSPS) is 12.9. The molecule has 1 aromatic carbocycles. The van der Waals surface area contributed by atoms with E-state index in [1.54, 1.807) is 23.9 Å². The van der Waals surface area contributed by atoms with Gasteiger partial charge in [-0.2, -0.15) is 5.26 Å². The third-order valence-electron chi connectivity index (χ3n) is 5.39. The van der Waals surface area contributed by atoms with Crippen LogP contribution in [0, 0.1) is 17.1 Å². The Balaban J connectivity index is 1.32. The molecule has 0 saturated heterocycles. The molecule has 0 radical (unpaired) electrons. The number of nitrogens with one attached hydrogen (secondary N) is 1. The molecule has 2 heterocycles. The van der Waals surface area contributed by atoms with Crippen molar-refractivity contribution >= 4 is 45.8 Å². The first kappa shape index (κ1) is 23.8. The van der Waals surface area contributed by atoms with E-state index >= 15 is 0 Å². The predicted molar refractivity (Wildman–Crippen MR) is 132 cm³/mol. The molecule has 33 heavy (non-hydrogen) atoms. The van der Waals surface area contributed by atoms with E-state index in [-0.39, 0.29) is 17.5 Å². The molecule has 0 fully saturated rings. The molecule has 3 aromatic rings. The number of anilines is 1. The molecule has 2 aromatic heterocycles. The zero-order valence-electron chi connectivity index (χ0n) is 18.3. The highest BCUT2D eigenvalue weighted by molar-refractivity contribution is 7.99. The number of hydrogen-bond acceptors (Lipinski definition) is 7. The molecule has 10 heteroatoms. The monoisotopic (exact) mass is 501 g/mol. The van der Waals surface area contributed by atoms with Gasteiger partial charge >= 0.3 is 0 Å². The fraction of sp³-hybridized carbons (Fsp3) is 0.391. The van der Waals surface area contributed by atoms with E-state index in [2.05, 4.69) is 21.6 Å². The zero-order chi connectivity index (χ0) is 23.2. The van der Waals surface area contributed by atoms with Gasteiger partial charge in [-0.05, 0) is 55.9 Å². The standard InChI is InChI=1S/C23H24FN5OS3/c1-2-29-20(13-31-12-15-7-9-16(24)10-8-15)27-28-23(29)32-14-21(30)26-22-18(11-25)17-5-3-4-6-19(17)33-22/h7-10H,2-6,12-14H2,1H3,(H,26,30). The first-order valence-electron chi connectivity index (χ1n) is 10.8. The molecular weight excluding hydrogens is 477 g/mol. The van der Waals surface area contributed by atoms with E-state index < -0.39 is 0 Å². The third kappa shape index (κ3) is 5.78. The molecule has 1 aliphatic carbocycles. The van der Waals surface area contributed by atoms with E-state index in [1.807, 2.05) is 11.5 Å². The minimum absolute atomic E-state index is 0.145. The SMILES string of the molecule is CCn1c(CSCc2ccc(F)cc2)nnc1SCC(=O)Nc1sc2c(c1C#N)CCCC2. The van der Waals surface area contributed by atoms with Crippen LogP contribution >= 0.6 is 34.9 Å². The number of amides is 1. The second-order valence-corrected chi connectivity index (χ2v) is 10.7. The summed E-state index contributed by atoms with van der Waals surface area (Å²) in [4.78, 5) is 13.8. The lowest BCUT2D eigenvalue weighted by molar-refractivity contribution is -0.113. The number of aromatic nitrogens is 3. The summed E-state index contributed by atoms with van der Waals surface area (Å²) < 4.78 is 15.1. The predicted octanol–water partition coefficient (Wildman–Crippen LogP) is 5.41. The number of fused-ring (bicyclic) bond motifs is 1. The van der Waals surface area contributed by atoms with Gasteiger partial charge in [0, 0.05) is 17.2 Å². The Bertz CT molecular complexity index is 1170. The van der Waals surface area contributed by atoms with Crippen molar-refractivity contribution < 1.29 is 9.18 Å². The largest absolute Gasteiger partial charge is 0.316 e. The molecule has 0 spiro atoms. The molecule has 1 aliphatic rings. The maximum Gasteiger partial charge on any atom is 0.235 e. The van der Waals surface area contributed by atoms with E-state index in [4.69, 9.17) is 0 Å². The number of aryl methyl sites for hydroxylation is 1. The van der Waals surface area contributed by atoms with Crippen molar-refractivity contribution in [3.05, 3.63) is 57.5 Å². The number of halogens is 1. The average Bonchev–Trinajstić information content (AvgIpc) is 3.38. The van der Waals surface area contributed by atoms with Crippen LogP contribution in [0.3, 0.4) is 0 Å². The number of nitriles is 1. The minimum Gasteiger partial charge on any atom is -0.316 e. The summed E-state index contributed by atoms with van der Waals surface area (Å²) in [6.45, 7) is 2.73. The molecule has 4 rings (SSSR count). The van der Waals surface area contributed by atoms with Gasteiger partial charge in [-0.3, -0.25) is 4.79 Å². The molecule has 0 unspecified atom stereocenters. The average molecular weight is 502 g/mol. The van der Waals surface area contributed by atoms with Gasteiger partial charge in [0.05, 0.1) is 17.1 Å². The van der Waals surface area contributed by atoms with Crippen molar-refractivity contribution in [3.8, 4) is 6.07 Å². The van der Waals surface area contributed by atoms with E-state index in [0.717, 1.165) is 48.4 Å². The third-order valence-corrected chi connectivity index (χ3v) is 8.57. The smallest absolute Gasteiger partial charge is 0.235 e. The summed E-state index contributed by atoms with van der Waals surface area (Å²) in [6, 6.07) is 8.79. The van der Waals surface area contributed by atoms with Crippen molar-refractivity contribution in [2.24, 2.45) is 0 Å². The number of benzene rings is 1. The maximum atomic E-state index is 13.0. The summed E-state index contributed by atoms with van der Waals surface area (Å²) in [6.07, 6.45) is 4.14. The Morgan fingerprint density at radius 2 is 2.03 bits per heavy atom. The number of carbonyl (C=O) groups excluding carboxylic acids is 1. The van der Waals surface area contributed by atoms with Crippen LogP contribution in [0.2, 0.25) is 0 Å². The molecule has 1 N–H and O–H groups in total. The van der Waals surface area contributed by atoms with Crippen molar-refractivity contribution in [2.45, 2.75) is 55.8 Å². The van der Waals surface area contributed by atoms with Gasteiger partial charge in [0.2, 0.25) is 5.91 Å². The molecule has 6 nitrogen and oxygen atoms in total. The molecule has 0 saturated carbocycles. The number of thioether (sulfide) groups is 2. The molecule has 1 amide bonds. The van der Waals surface area contributed by atoms with Crippen LogP contribution in [-0.2, 0) is 35.7 Å². The van der Waals surface area contributed by atoms with Gasteiger partial charge in [-0.15, -0.1) is 33.3 Å². The number of hydrogen-bond donors (Lipinski definition) is 1. The minimum atomic E-state index is -0.234. The first-order valence-corrected chi connectivity index (χ1v) is 13.8. The van der Waals surface area contributed by atoms with Crippen LogP contribution in [0.4, 0.5) is 9.39 Å². The Kier molecular flexibility index (Phi) is 8.06. The highest BCUT2D eigenvalue weighted by atomic mass is 32.2. The summed E-state index contributed by atoms with van der Waals surface area (Å²) in [5.41, 5.74) is 2.80. The van der Waals surface area contributed by atoms with Crippen molar-refractivity contribution in [2.75, 3.05) is 11.1 Å². The lowest BCUT2D eigenvalue weighted by atomic mass is 9.96. The fourth-order valence-corrected chi connectivity index (χ4v) is 6.76. The lowest BCUT2D eigenvalue weighted by Crippen LogP contribution is -2.14.